The summed E-state index contributed by atoms with van der Waals surface area (Å²) in [4.78, 5) is 15.4. The van der Waals surface area contributed by atoms with Crippen molar-refractivity contribution in [2.24, 2.45) is 0 Å². The monoisotopic (exact) mass is 257 g/mol. The van der Waals surface area contributed by atoms with E-state index in [2.05, 4.69) is 11.8 Å². The van der Waals surface area contributed by atoms with Gasteiger partial charge in [-0.2, -0.15) is 0 Å². The van der Waals surface area contributed by atoms with Gasteiger partial charge in [-0.25, -0.2) is 4.85 Å². The Morgan fingerprint density at radius 3 is 2.63 bits per heavy atom. The first-order valence-electron chi connectivity index (χ1n) is 7.16. The van der Waals surface area contributed by atoms with Crippen LogP contribution in [0.4, 0.5) is 5.69 Å². The van der Waals surface area contributed by atoms with E-state index in [1.54, 1.807) is 0 Å². The maximum absolute atomic E-state index is 11.9. The molecule has 19 heavy (non-hydrogen) atoms. The van der Waals surface area contributed by atoms with E-state index in [0.717, 1.165) is 24.0 Å². The van der Waals surface area contributed by atoms with Gasteiger partial charge in [-0.1, -0.05) is 56.4 Å². The zero-order valence-electron chi connectivity index (χ0n) is 12.0. The lowest BCUT2D eigenvalue weighted by molar-refractivity contribution is -0.118. The van der Waals surface area contributed by atoms with Crippen LogP contribution in [-0.2, 0) is 11.2 Å². The molecule has 0 aliphatic rings. The molecule has 0 saturated carbocycles. The second-order valence-corrected chi connectivity index (χ2v) is 5.12. The van der Waals surface area contributed by atoms with E-state index in [1.807, 2.05) is 25.1 Å². The fraction of sp³-hybridized carbons (Fsp3) is 0.529. The number of rotatable bonds is 8. The largest absolute Gasteiger partial charge is 0.299 e. The lowest BCUT2D eigenvalue weighted by Crippen LogP contribution is -2.03. The van der Waals surface area contributed by atoms with Crippen LogP contribution < -0.4 is 0 Å². The standard InChI is InChI=1S/C17H23NO/c1-4-5-6-7-8-9-16(19)13-15-12-14(2)10-11-17(15)18-3/h10-12H,4-9,13H2,1-2H3. The number of Topliss-reactive ketones (excluding diaryl/α,β-unsaturated/α-hetero) is 1. The lowest BCUT2D eigenvalue weighted by Gasteiger charge is -2.05. The topological polar surface area (TPSA) is 21.4 Å². The molecule has 0 fully saturated rings. The first kappa shape index (κ1) is 15.4. The summed E-state index contributed by atoms with van der Waals surface area (Å²) in [5.41, 5.74) is 2.61. The van der Waals surface area contributed by atoms with E-state index < -0.39 is 0 Å². The van der Waals surface area contributed by atoms with Crippen molar-refractivity contribution in [3.63, 3.8) is 0 Å². The molecule has 0 bridgehead atoms. The van der Waals surface area contributed by atoms with Gasteiger partial charge in [-0.05, 0) is 18.9 Å². The highest BCUT2D eigenvalue weighted by atomic mass is 16.1. The molecule has 1 aromatic rings. The Kier molecular flexibility index (Phi) is 6.89. The normalized spacial score (nSPS) is 10.2. The number of ketones is 1. The van der Waals surface area contributed by atoms with Crippen LogP contribution in [0, 0.1) is 13.5 Å². The second kappa shape index (κ2) is 8.48. The molecule has 0 aliphatic carbocycles. The van der Waals surface area contributed by atoms with E-state index in [-0.39, 0.29) is 5.78 Å². The number of hydrogen-bond acceptors (Lipinski definition) is 1. The minimum Gasteiger partial charge on any atom is -0.299 e. The van der Waals surface area contributed by atoms with Crippen LogP contribution in [0.25, 0.3) is 4.85 Å². The molecule has 0 N–H and O–H groups in total. The highest BCUT2D eigenvalue weighted by Gasteiger charge is 2.08. The van der Waals surface area contributed by atoms with E-state index in [1.165, 1.54) is 19.3 Å². The summed E-state index contributed by atoms with van der Waals surface area (Å²) >= 11 is 0. The van der Waals surface area contributed by atoms with Crippen LogP contribution in [0.1, 0.15) is 56.6 Å². The molecular weight excluding hydrogens is 234 g/mol. The van der Waals surface area contributed by atoms with Gasteiger partial charge in [0.25, 0.3) is 0 Å². The Bertz CT molecular complexity index is 457. The number of benzene rings is 1. The summed E-state index contributed by atoms with van der Waals surface area (Å²) in [6.45, 7) is 11.3. The fourth-order valence-electron chi connectivity index (χ4n) is 2.19. The van der Waals surface area contributed by atoms with Gasteiger partial charge in [0.1, 0.15) is 5.78 Å². The van der Waals surface area contributed by atoms with Gasteiger partial charge in [-0.3, -0.25) is 4.79 Å². The number of unbranched alkanes of at least 4 members (excludes halogenated alkanes) is 4. The van der Waals surface area contributed by atoms with E-state index in [0.29, 0.717) is 18.5 Å². The summed E-state index contributed by atoms with van der Waals surface area (Å²) in [7, 11) is 0. The first-order valence-corrected chi connectivity index (χ1v) is 7.16. The van der Waals surface area contributed by atoms with Gasteiger partial charge in [0, 0.05) is 12.8 Å². The van der Waals surface area contributed by atoms with Crippen molar-refractivity contribution in [2.75, 3.05) is 0 Å². The van der Waals surface area contributed by atoms with Crippen molar-refractivity contribution in [2.45, 2.75) is 58.8 Å². The Balaban J connectivity index is 2.44. The van der Waals surface area contributed by atoms with E-state index in [4.69, 9.17) is 6.57 Å². The van der Waals surface area contributed by atoms with Gasteiger partial charge in [0.2, 0.25) is 0 Å². The molecule has 0 saturated heterocycles. The van der Waals surface area contributed by atoms with Crippen LogP contribution in [0.5, 0.6) is 0 Å². The zero-order valence-corrected chi connectivity index (χ0v) is 12.0. The fourth-order valence-corrected chi connectivity index (χ4v) is 2.19. The summed E-state index contributed by atoms with van der Waals surface area (Å²) < 4.78 is 0. The van der Waals surface area contributed by atoms with Crippen molar-refractivity contribution < 1.29 is 4.79 Å². The number of nitrogens with zero attached hydrogens (tertiary/aromatic N) is 1. The zero-order chi connectivity index (χ0) is 14.1. The Hall–Kier alpha value is -1.62. The first-order chi connectivity index (χ1) is 9.17. The Labute approximate surface area is 116 Å². The van der Waals surface area contributed by atoms with Crippen molar-refractivity contribution in [1.82, 2.24) is 0 Å². The van der Waals surface area contributed by atoms with Crippen LogP contribution in [0.3, 0.4) is 0 Å². The molecule has 1 rings (SSSR count). The van der Waals surface area contributed by atoms with Crippen molar-refractivity contribution in [3.8, 4) is 0 Å². The molecule has 0 amide bonds. The maximum Gasteiger partial charge on any atom is 0.190 e. The number of hydrogen-bond donors (Lipinski definition) is 0. The summed E-state index contributed by atoms with van der Waals surface area (Å²) in [6.07, 6.45) is 6.89. The van der Waals surface area contributed by atoms with Gasteiger partial charge in [0.05, 0.1) is 6.57 Å². The Morgan fingerprint density at radius 2 is 1.95 bits per heavy atom. The van der Waals surface area contributed by atoms with E-state index >= 15 is 0 Å². The smallest absolute Gasteiger partial charge is 0.190 e. The third-order valence-electron chi connectivity index (χ3n) is 3.30. The molecule has 0 heterocycles. The molecule has 0 aliphatic heterocycles. The minimum absolute atomic E-state index is 0.256. The van der Waals surface area contributed by atoms with Crippen molar-refractivity contribution in [1.29, 1.82) is 0 Å². The average Bonchev–Trinajstić information content (AvgIpc) is 2.39. The van der Waals surface area contributed by atoms with Crippen molar-refractivity contribution >= 4 is 11.5 Å². The van der Waals surface area contributed by atoms with E-state index in [9.17, 15) is 4.79 Å². The van der Waals surface area contributed by atoms with Gasteiger partial charge >= 0.3 is 0 Å². The molecule has 2 heteroatoms. The summed E-state index contributed by atoms with van der Waals surface area (Å²) in [5.74, 6) is 0.256. The van der Waals surface area contributed by atoms with Crippen LogP contribution in [0.15, 0.2) is 18.2 Å². The van der Waals surface area contributed by atoms with Crippen LogP contribution >= 0.6 is 0 Å². The number of carbonyl (C=O) groups excluding carboxylic acids is 1. The number of carbonyl (C=O) groups is 1. The van der Waals surface area contributed by atoms with Gasteiger partial charge in [-0.15, -0.1) is 0 Å². The van der Waals surface area contributed by atoms with Crippen molar-refractivity contribution in [3.05, 3.63) is 40.7 Å². The number of aryl methyl sites for hydroxylation is 1. The molecule has 1 aromatic carbocycles. The summed E-state index contributed by atoms with van der Waals surface area (Å²) in [5, 5.41) is 0. The molecule has 102 valence electrons. The quantitative estimate of drug-likeness (QED) is 0.473. The molecular formula is C17H23NO. The highest BCUT2D eigenvalue weighted by molar-refractivity contribution is 5.82. The summed E-state index contributed by atoms with van der Waals surface area (Å²) in [6, 6.07) is 5.70. The molecule has 2 nitrogen and oxygen atoms in total. The van der Waals surface area contributed by atoms with Crippen LogP contribution in [-0.4, -0.2) is 5.78 Å². The highest BCUT2D eigenvalue weighted by Crippen LogP contribution is 2.22. The molecule has 0 radical (unpaired) electrons. The molecule has 0 unspecified atom stereocenters. The average molecular weight is 257 g/mol. The Morgan fingerprint density at radius 1 is 1.21 bits per heavy atom. The van der Waals surface area contributed by atoms with Crippen LogP contribution in [0.2, 0.25) is 0 Å². The molecule has 0 spiro atoms. The van der Waals surface area contributed by atoms with Gasteiger partial charge < -0.3 is 0 Å². The van der Waals surface area contributed by atoms with Gasteiger partial charge in [0.15, 0.2) is 5.69 Å². The third kappa shape index (κ3) is 5.70. The second-order valence-electron chi connectivity index (χ2n) is 5.12. The minimum atomic E-state index is 0.256. The molecule has 0 aromatic heterocycles. The third-order valence-corrected chi connectivity index (χ3v) is 3.30. The predicted octanol–water partition coefficient (Wildman–Crippen LogP) is 5.02. The lowest BCUT2D eigenvalue weighted by atomic mass is 10.0. The predicted molar refractivity (Wildman–Crippen MR) is 79.5 cm³/mol. The molecule has 0 atom stereocenters. The maximum atomic E-state index is 11.9. The SMILES string of the molecule is [C-]#[N+]c1ccc(C)cc1CC(=O)CCCCCCC.